The van der Waals surface area contributed by atoms with E-state index in [1.54, 1.807) is 0 Å². The van der Waals surface area contributed by atoms with E-state index in [9.17, 15) is 4.79 Å². The molecule has 2 aromatic carbocycles. The van der Waals surface area contributed by atoms with Gasteiger partial charge in [-0.1, -0.05) is 80.3 Å². The molecule has 0 amide bonds. The van der Waals surface area contributed by atoms with Crippen molar-refractivity contribution in [1.82, 2.24) is 0 Å². The van der Waals surface area contributed by atoms with Crippen molar-refractivity contribution < 1.29 is 4.79 Å². The number of hydrogen-bond donors (Lipinski definition) is 0. The van der Waals surface area contributed by atoms with E-state index in [0.29, 0.717) is 12.0 Å². The van der Waals surface area contributed by atoms with Crippen LogP contribution >= 0.6 is 0 Å². The first kappa shape index (κ1) is 14.7. The van der Waals surface area contributed by atoms with Gasteiger partial charge in [0.25, 0.3) is 0 Å². The Bertz CT molecular complexity index is 555. The number of ketones is 1. The third kappa shape index (κ3) is 3.67. The quantitative estimate of drug-likeness (QED) is 0.562. The fourth-order valence-corrected chi connectivity index (χ4v) is 4.53. The summed E-state index contributed by atoms with van der Waals surface area (Å²) in [7, 11) is -1.44. The Morgan fingerprint density at radius 1 is 0.900 bits per heavy atom. The molecule has 0 saturated carbocycles. The Balaban J connectivity index is 2.24. The van der Waals surface area contributed by atoms with Crippen molar-refractivity contribution in [1.29, 1.82) is 0 Å². The first-order chi connectivity index (χ1) is 9.48. The SMILES string of the molecule is C[Si](C)(C)C(CC(=O)c1ccccc1)c1ccccc1. The molecule has 1 nitrogen and oxygen atoms in total. The fraction of sp³-hybridized carbons (Fsp3) is 0.278. The van der Waals surface area contributed by atoms with Crippen LogP contribution in [0, 0.1) is 0 Å². The van der Waals surface area contributed by atoms with Gasteiger partial charge in [-0.05, 0) is 11.1 Å². The maximum absolute atomic E-state index is 12.5. The number of Topliss-reactive ketones (excluding diaryl/α,β-unsaturated/α-hetero) is 1. The van der Waals surface area contributed by atoms with E-state index in [1.165, 1.54) is 5.56 Å². The summed E-state index contributed by atoms with van der Waals surface area (Å²) in [5.41, 5.74) is 2.50. The zero-order chi connectivity index (χ0) is 14.6. The van der Waals surface area contributed by atoms with Gasteiger partial charge in [0.1, 0.15) is 0 Å². The van der Waals surface area contributed by atoms with Crippen molar-refractivity contribution in [3.8, 4) is 0 Å². The standard InChI is InChI=1S/C18H22OSi/c1-20(2,3)18(16-12-8-5-9-13-16)14-17(19)15-10-6-4-7-11-15/h4-13,18H,14H2,1-3H3. The van der Waals surface area contributed by atoms with Crippen molar-refractivity contribution >= 4 is 13.9 Å². The molecule has 104 valence electrons. The number of hydrogen-bond acceptors (Lipinski definition) is 1. The van der Waals surface area contributed by atoms with Gasteiger partial charge in [-0.25, -0.2) is 0 Å². The molecule has 0 radical (unpaired) electrons. The number of benzene rings is 2. The molecule has 0 aliphatic heterocycles. The molecule has 0 spiro atoms. The third-order valence-electron chi connectivity index (χ3n) is 3.73. The van der Waals surface area contributed by atoms with Gasteiger partial charge in [-0.2, -0.15) is 0 Å². The average Bonchev–Trinajstić information content (AvgIpc) is 2.45. The number of carbonyl (C=O) groups is 1. The fourth-order valence-electron chi connectivity index (χ4n) is 2.54. The lowest BCUT2D eigenvalue weighted by atomic mass is 10.0. The van der Waals surface area contributed by atoms with Crippen LogP contribution in [0.5, 0.6) is 0 Å². The van der Waals surface area contributed by atoms with Crippen molar-refractivity contribution in [3.05, 3.63) is 71.8 Å². The predicted molar refractivity (Wildman–Crippen MR) is 87.9 cm³/mol. The topological polar surface area (TPSA) is 17.1 Å². The summed E-state index contributed by atoms with van der Waals surface area (Å²) in [5, 5.41) is 0. The second kappa shape index (κ2) is 6.19. The van der Waals surface area contributed by atoms with Gasteiger partial charge in [0.15, 0.2) is 5.78 Å². The van der Waals surface area contributed by atoms with Gasteiger partial charge in [0.2, 0.25) is 0 Å². The molecule has 1 atom stereocenters. The second-order valence-corrected chi connectivity index (χ2v) is 11.8. The summed E-state index contributed by atoms with van der Waals surface area (Å²) in [6.07, 6.45) is 0.615. The van der Waals surface area contributed by atoms with Crippen LogP contribution in [0.3, 0.4) is 0 Å². The smallest absolute Gasteiger partial charge is 0.163 e. The third-order valence-corrected chi connectivity index (χ3v) is 6.36. The lowest BCUT2D eigenvalue weighted by molar-refractivity contribution is 0.0980. The van der Waals surface area contributed by atoms with E-state index in [1.807, 2.05) is 36.4 Å². The Kier molecular flexibility index (Phi) is 4.56. The Morgan fingerprint density at radius 2 is 1.40 bits per heavy atom. The summed E-state index contributed by atoms with van der Waals surface area (Å²) < 4.78 is 0. The molecule has 0 fully saturated rings. The molecule has 20 heavy (non-hydrogen) atoms. The highest BCUT2D eigenvalue weighted by atomic mass is 28.3. The molecule has 0 aromatic heterocycles. The number of rotatable bonds is 5. The highest BCUT2D eigenvalue weighted by Gasteiger charge is 2.30. The van der Waals surface area contributed by atoms with Gasteiger partial charge in [-0.15, -0.1) is 0 Å². The van der Waals surface area contributed by atoms with E-state index in [4.69, 9.17) is 0 Å². The van der Waals surface area contributed by atoms with Gasteiger partial charge in [0.05, 0.1) is 8.07 Å². The molecular weight excluding hydrogens is 260 g/mol. The zero-order valence-electron chi connectivity index (χ0n) is 12.5. The predicted octanol–water partition coefficient (Wildman–Crippen LogP) is 4.92. The van der Waals surface area contributed by atoms with Gasteiger partial charge >= 0.3 is 0 Å². The summed E-state index contributed by atoms with van der Waals surface area (Å²) in [4.78, 5) is 12.5. The summed E-state index contributed by atoms with van der Waals surface area (Å²) in [6.45, 7) is 7.01. The van der Waals surface area contributed by atoms with Gasteiger partial charge in [-0.3, -0.25) is 4.79 Å². The molecule has 0 heterocycles. The molecule has 0 aliphatic rings. The van der Waals surface area contributed by atoms with Crippen LogP contribution in [0.4, 0.5) is 0 Å². The zero-order valence-corrected chi connectivity index (χ0v) is 13.5. The normalized spacial score (nSPS) is 12.9. The van der Waals surface area contributed by atoms with Crippen LogP contribution in [0.25, 0.3) is 0 Å². The van der Waals surface area contributed by atoms with Crippen LogP contribution in [0.2, 0.25) is 19.6 Å². The molecule has 2 rings (SSSR count). The molecule has 0 saturated heterocycles. The van der Waals surface area contributed by atoms with Crippen LogP contribution in [-0.4, -0.2) is 13.9 Å². The van der Waals surface area contributed by atoms with Crippen molar-refractivity contribution in [3.63, 3.8) is 0 Å². The monoisotopic (exact) mass is 282 g/mol. The van der Waals surface area contributed by atoms with Crippen LogP contribution in [0.15, 0.2) is 60.7 Å². The van der Waals surface area contributed by atoms with Crippen LogP contribution in [-0.2, 0) is 0 Å². The molecular formula is C18H22OSi. The highest BCUT2D eigenvalue weighted by molar-refractivity contribution is 6.77. The Morgan fingerprint density at radius 3 is 1.90 bits per heavy atom. The Labute approximate surface area is 122 Å². The highest BCUT2D eigenvalue weighted by Crippen LogP contribution is 2.31. The van der Waals surface area contributed by atoms with E-state index in [-0.39, 0.29) is 5.78 Å². The van der Waals surface area contributed by atoms with Crippen LogP contribution in [0.1, 0.15) is 27.9 Å². The summed E-state index contributed by atoms with van der Waals surface area (Å²) in [5.74, 6) is 0.252. The minimum absolute atomic E-state index is 0.252. The van der Waals surface area contributed by atoms with E-state index < -0.39 is 8.07 Å². The van der Waals surface area contributed by atoms with Crippen molar-refractivity contribution in [2.75, 3.05) is 0 Å². The maximum Gasteiger partial charge on any atom is 0.163 e. The second-order valence-electron chi connectivity index (χ2n) is 6.32. The summed E-state index contributed by atoms with van der Waals surface area (Å²) >= 11 is 0. The first-order valence-electron chi connectivity index (χ1n) is 7.11. The van der Waals surface area contributed by atoms with E-state index >= 15 is 0 Å². The molecule has 2 aromatic rings. The molecule has 0 bridgehead atoms. The molecule has 0 aliphatic carbocycles. The molecule has 2 heteroatoms. The molecule has 1 unspecified atom stereocenters. The van der Waals surface area contributed by atoms with E-state index in [2.05, 4.69) is 43.9 Å². The summed E-state index contributed by atoms with van der Waals surface area (Å²) in [6, 6.07) is 20.1. The largest absolute Gasteiger partial charge is 0.294 e. The minimum atomic E-state index is -1.44. The lowest BCUT2D eigenvalue weighted by Crippen LogP contribution is -2.32. The van der Waals surface area contributed by atoms with E-state index in [0.717, 1.165) is 5.56 Å². The van der Waals surface area contributed by atoms with Crippen molar-refractivity contribution in [2.24, 2.45) is 0 Å². The first-order valence-corrected chi connectivity index (χ1v) is 10.7. The molecule has 0 N–H and O–H groups in total. The maximum atomic E-state index is 12.5. The van der Waals surface area contributed by atoms with Crippen molar-refractivity contribution in [2.45, 2.75) is 31.6 Å². The van der Waals surface area contributed by atoms with Gasteiger partial charge in [0, 0.05) is 12.0 Å². The lowest BCUT2D eigenvalue weighted by Gasteiger charge is -2.29. The Hall–Kier alpha value is -1.67. The van der Waals surface area contributed by atoms with Gasteiger partial charge < -0.3 is 0 Å². The number of carbonyl (C=O) groups excluding carboxylic acids is 1. The average molecular weight is 282 g/mol. The van der Waals surface area contributed by atoms with Crippen LogP contribution < -0.4 is 0 Å². The minimum Gasteiger partial charge on any atom is -0.294 e.